The van der Waals surface area contributed by atoms with Crippen LogP contribution in [-0.4, -0.2) is 31.5 Å². The van der Waals surface area contributed by atoms with Gasteiger partial charge in [-0.2, -0.15) is 0 Å². The summed E-state index contributed by atoms with van der Waals surface area (Å²) in [5.74, 6) is 1.45. The van der Waals surface area contributed by atoms with Gasteiger partial charge in [0, 0.05) is 6.04 Å². The van der Waals surface area contributed by atoms with Crippen molar-refractivity contribution in [3.05, 3.63) is 59.9 Å². The molecular formula is C25H28N2O4. The number of nitrogens with zero attached hydrogens (tertiary/aromatic N) is 1. The van der Waals surface area contributed by atoms with Crippen LogP contribution in [0.5, 0.6) is 11.5 Å². The molecule has 6 heteroatoms. The van der Waals surface area contributed by atoms with Crippen LogP contribution in [0.25, 0.3) is 6.08 Å². The zero-order valence-corrected chi connectivity index (χ0v) is 18.0. The van der Waals surface area contributed by atoms with E-state index < -0.39 is 0 Å². The molecule has 0 bridgehead atoms. The number of benzene rings is 2. The largest absolute Gasteiger partial charge is 0.497 e. The van der Waals surface area contributed by atoms with E-state index in [0.717, 1.165) is 30.6 Å². The Morgan fingerprint density at radius 2 is 1.90 bits per heavy atom. The standard InChI is InChI=1S/C25H28N2O4/c1-17-7-3-4-8-20(17)26-24(28)16-27-21-9-5-6-10-22(21)31-23(25(27)29)15-18-11-13-19(30-2)14-12-18/h5-6,9-15,17,20H,3-4,7-8,16H2,1-2H3,(H,26,28)/b23-15-/t17-,20+/m1/s1. The number of fused-ring (bicyclic) bond motifs is 1. The third-order valence-corrected chi connectivity index (χ3v) is 6.01. The predicted molar refractivity (Wildman–Crippen MR) is 120 cm³/mol. The number of hydrogen-bond donors (Lipinski definition) is 1. The first-order valence-electron chi connectivity index (χ1n) is 10.8. The highest BCUT2D eigenvalue weighted by atomic mass is 16.5. The maximum absolute atomic E-state index is 13.2. The Kier molecular flexibility index (Phi) is 6.26. The van der Waals surface area contributed by atoms with Crippen molar-refractivity contribution >= 4 is 23.6 Å². The van der Waals surface area contributed by atoms with Crippen molar-refractivity contribution in [1.29, 1.82) is 0 Å². The fourth-order valence-corrected chi connectivity index (χ4v) is 4.20. The molecule has 2 amide bonds. The second-order valence-corrected chi connectivity index (χ2v) is 8.18. The molecule has 0 unspecified atom stereocenters. The molecule has 0 spiro atoms. The average Bonchev–Trinajstić information content (AvgIpc) is 2.78. The fourth-order valence-electron chi connectivity index (χ4n) is 4.20. The second kappa shape index (κ2) is 9.25. The Morgan fingerprint density at radius 1 is 1.16 bits per heavy atom. The van der Waals surface area contributed by atoms with Gasteiger partial charge < -0.3 is 14.8 Å². The van der Waals surface area contributed by atoms with E-state index in [-0.39, 0.29) is 30.2 Å². The summed E-state index contributed by atoms with van der Waals surface area (Å²) in [4.78, 5) is 27.6. The summed E-state index contributed by atoms with van der Waals surface area (Å²) in [6, 6.07) is 14.8. The number of nitrogens with one attached hydrogen (secondary N) is 1. The maximum atomic E-state index is 13.2. The lowest BCUT2D eigenvalue weighted by Gasteiger charge is -2.32. The number of hydrogen-bond acceptors (Lipinski definition) is 4. The Hall–Kier alpha value is -3.28. The quantitative estimate of drug-likeness (QED) is 0.738. The third-order valence-electron chi connectivity index (χ3n) is 6.01. The van der Waals surface area contributed by atoms with Crippen LogP contribution in [0.15, 0.2) is 54.3 Å². The summed E-state index contributed by atoms with van der Waals surface area (Å²) in [5, 5.41) is 3.14. The normalized spacial score (nSPS) is 21.9. The van der Waals surface area contributed by atoms with E-state index in [9.17, 15) is 9.59 Å². The minimum atomic E-state index is -0.332. The van der Waals surface area contributed by atoms with Gasteiger partial charge in [0.15, 0.2) is 11.5 Å². The van der Waals surface area contributed by atoms with Gasteiger partial charge in [-0.3, -0.25) is 14.5 Å². The first-order valence-corrected chi connectivity index (χ1v) is 10.8. The molecule has 1 heterocycles. The van der Waals surface area contributed by atoms with Gasteiger partial charge in [-0.25, -0.2) is 0 Å². The molecule has 1 aliphatic heterocycles. The number of methoxy groups -OCH3 is 1. The molecule has 1 N–H and O–H groups in total. The molecule has 1 saturated carbocycles. The van der Waals surface area contributed by atoms with Crippen LogP contribution in [-0.2, 0) is 9.59 Å². The van der Waals surface area contributed by atoms with Gasteiger partial charge in [-0.1, -0.05) is 44.0 Å². The molecule has 162 valence electrons. The van der Waals surface area contributed by atoms with Crippen molar-refractivity contribution in [2.45, 2.75) is 38.6 Å². The molecule has 0 radical (unpaired) electrons. The van der Waals surface area contributed by atoms with Gasteiger partial charge in [0.05, 0.1) is 12.8 Å². The van der Waals surface area contributed by atoms with Gasteiger partial charge in [0.1, 0.15) is 12.3 Å². The number of amides is 2. The second-order valence-electron chi connectivity index (χ2n) is 8.18. The van der Waals surface area contributed by atoms with Crippen molar-refractivity contribution in [2.75, 3.05) is 18.6 Å². The molecule has 4 rings (SSSR count). The molecule has 2 atom stereocenters. The van der Waals surface area contributed by atoms with Crippen molar-refractivity contribution < 1.29 is 19.1 Å². The van der Waals surface area contributed by atoms with E-state index in [1.807, 2.05) is 36.4 Å². The van der Waals surface area contributed by atoms with Crippen LogP contribution in [0, 0.1) is 5.92 Å². The van der Waals surface area contributed by atoms with Gasteiger partial charge in [0.2, 0.25) is 5.91 Å². The Bertz CT molecular complexity index is 983. The molecule has 6 nitrogen and oxygen atoms in total. The first-order chi connectivity index (χ1) is 15.0. The molecule has 31 heavy (non-hydrogen) atoms. The van der Waals surface area contributed by atoms with Crippen LogP contribution in [0.1, 0.15) is 38.2 Å². The topological polar surface area (TPSA) is 67.9 Å². The minimum absolute atomic E-state index is 0.0393. The lowest BCUT2D eigenvalue weighted by atomic mass is 9.86. The van der Waals surface area contributed by atoms with Gasteiger partial charge in [-0.15, -0.1) is 0 Å². The van der Waals surface area contributed by atoms with Gasteiger partial charge in [-0.05, 0) is 54.7 Å². The Balaban J connectivity index is 1.56. The number of rotatable bonds is 5. The van der Waals surface area contributed by atoms with Gasteiger partial charge >= 0.3 is 0 Å². The van der Waals surface area contributed by atoms with Crippen LogP contribution in [0.2, 0.25) is 0 Å². The van der Waals surface area contributed by atoms with Crippen LogP contribution in [0.4, 0.5) is 5.69 Å². The van der Waals surface area contributed by atoms with Crippen LogP contribution in [0.3, 0.4) is 0 Å². The number of carbonyl (C=O) groups excluding carboxylic acids is 2. The van der Waals surface area contributed by atoms with Crippen molar-refractivity contribution in [1.82, 2.24) is 5.32 Å². The SMILES string of the molecule is COc1ccc(/C=C2\Oc3ccccc3N(CC(=O)N[C@H]3CCCC[C@H]3C)C2=O)cc1. The fraction of sp³-hybridized carbons (Fsp3) is 0.360. The molecule has 1 fully saturated rings. The predicted octanol–water partition coefficient (Wildman–Crippen LogP) is 4.16. The van der Waals surface area contributed by atoms with E-state index in [2.05, 4.69) is 12.2 Å². The van der Waals surface area contributed by atoms with Crippen molar-refractivity contribution in [3.8, 4) is 11.5 Å². The first kappa shape index (κ1) is 21.0. The lowest BCUT2D eigenvalue weighted by molar-refractivity contribution is -0.124. The smallest absolute Gasteiger partial charge is 0.294 e. The van der Waals surface area contributed by atoms with E-state index in [1.54, 1.807) is 25.3 Å². The maximum Gasteiger partial charge on any atom is 0.294 e. The monoisotopic (exact) mass is 420 g/mol. The van der Waals surface area contributed by atoms with E-state index >= 15 is 0 Å². The Morgan fingerprint density at radius 3 is 2.65 bits per heavy atom. The molecule has 2 aromatic carbocycles. The molecule has 0 saturated heterocycles. The molecular weight excluding hydrogens is 392 g/mol. The zero-order valence-electron chi connectivity index (χ0n) is 18.0. The summed E-state index contributed by atoms with van der Waals surface area (Å²) in [6.07, 6.45) is 6.14. The van der Waals surface area contributed by atoms with E-state index in [0.29, 0.717) is 17.4 Å². The summed E-state index contributed by atoms with van der Waals surface area (Å²) >= 11 is 0. The number of anilines is 1. The van der Waals surface area contributed by atoms with Crippen LogP contribution < -0.4 is 19.7 Å². The third kappa shape index (κ3) is 4.74. The highest BCUT2D eigenvalue weighted by Crippen LogP contribution is 2.35. The zero-order chi connectivity index (χ0) is 21.8. The van der Waals surface area contributed by atoms with Crippen molar-refractivity contribution in [3.63, 3.8) is 0 Å². The highest BCUT2D eigenvalue weighted by Gasteiger charge is 2.32. The number of carbonyl (C=O) groups is 2. The summed E-state index contributed by atoms with van der Waals surface area (Å²) < 4.78 is 11.1. The summed E-state index contributed by atoms with van der Waals surface area (Å²) in [7, 11) is 1.61. The van der Waals surface area contributed by atoms with E-state index in [1.165, 1.54) is 11.3 Å². The minimum Gasteiger partial charge on any atom is -0.497 e. The molecule has 2 aliphatic rings. The lowest BCUT2D eigenvalue weighted by Crippen LogP contribution is -2.48. The van der Waals surface area contributed by atoms with Crippen molar-refractivity contribution in [2.24, 2.45) is 5.92 Å². The molecule has 0 aromatic heterocycles. The van der Waals surface area contributed by atoms with Crippen LogP contribution >= 0.6 is 0 Å². The average molecular weight is 421 g/mol. The molecule has 2 aromatic rings. The summed E-state index contributed by atoms with van der Waals surface area (Å²) in [5.41, 5.74) is 1.41. The number of ether oxygens (including phenoxy) is 2. The summed E-state index contributed by atoms with van der Waals surface area (Å²) in [6.45, 7) is 2.14. The number of para-hydroxylation sites is 2. The molecule has 1 aliphatic carbocycles. The Labute approximate surface area is 182 Å². The highest BCUT2D eigenvalue weighted by molar-refractivity contribution is 6.12. The van der Waals surface area contributed by atoms with E-state index in [4.69, 9.17) is 9.47 Å². The van der Waals surface area contributed by atoms with Gasteiger partial charge in [0.25, 0.3) is 5.91 Å².